The molecule has 0 radical (unpaired) electrons. The van der Waals surface area contributed by atoms with Crippen molar-refractivity contribution >= 4 is 60.7 Å². The van der Waals surface area contributed by atoms with Crippen LogP contribution in [0.2, 0.25) is 0 Å². The Labute approximate surface area is 411 Å². The summed E-state index contributed by atoms with van der Waals surface area (Å²) in [7, 11) is -6.74. The summed E-state index contributed by atoms with van der Waals surface area (Å²) in [6, 6.07) is 25.0. The van der Waals surface area contributed by atoms with Gasteiger partial charge in [0.2, 0.25) is 0 Å². The fourth-order valence-electron chi connectivity index (χ4n) is 6.52. The Morgan fingerprint density at radius 3 is 0.542 bits per heavy atom. The van der Waals surface area contributed by atoms with Crippen molar-refractivity contribution in [2.45, 2.75) is 0 Å². The summed E-state index contributed by atoms with van der Waals surface area (Å²) in [5.74, 6) is -0.934. The van der Waals surface area contributed by atoms with Gasteiger partial charge in [-0.2, -0.15) is 0 Å². The smallest absolute Gasteiger partial charge is 0.461 e. The number of methoxy groups -OCH3 is 6. The van der Waals surface area contributed by atoms with Gasteiger partial charge in [0.1, 0.15) is 37.7 Å². The van der Waals surface area contributed by atoms with Crippen LogP contribution in [0.1, 0.15) is 62.1 Å². The van der Waals surface area contributed by atoms with Crippen LogP contribution in [0.3, 0.4) is 0 Å². The quantitative estimate of drug-likeness (QED) is 0.0403. The molecule has 6 aromatic carbocycles. The number of aldehydes is 6. The normalized spacial score (nSPS) is 13.6. The summed E-state index contributed by atoms with van der Waals surface area (Å²) < 4.78 is 91.2. The molecule has 0 saturated carbocycles. The number of benzene rings is 6. The Kier molecular flexibility index (Phi) is 16.1. The molecule has 7 rings (SSSR count). The minimum atomic E-state index is -4.88. The van der Waals surface area contributed by atoms with Gasteiger partial charge in [0.25, 0.3) is 0 Å². The average Bonchev–Trinajstić information content (AvgIpc) is 3.41. The number of carbonyl (C=O) groups excluding carboxylic acids is 6. The molecular weight excluding hydrogens is 999 g/mol. The Balaban J connectivity index is 1.73. The van der Waals surface area contributed by atoms with E-state index in [1.807, 2.05) is 0 Å². The maximum absolute atomic E-state index is 12.1. The first-order valence-corrected chi connectivity index (χ1v) is 25.4. The van der Waals surface area contributed by atoms with Crippen LogP contribution in [-0.4, -0.2) is 80.4 Å². The van der Waals surface area contributed by atoms with E-state index in [-0.39, 0.29) is 102 Å². The van der Waals surface area contributed by atoms with Gasteiger partial charge in [0.15, 0.2) is 69.0 Å². The van der Waals surface area contributed by atoms with Gasteiger partial charge < -0.3 is 55.6 Å². The molecule has 0 atom stereocenters. The highest BCUT2D eigenvalue weighted by Crippen LogP contribution is 2.80. The lowest BCUT2D eigenvalue weighted by Gasteiger charge is -2.34. The summed E-state index contributed by atoms with van der Waals surface area (Å²) in [4.78, 5) is 72.4. The molecule has 1 heterocycles. The van der Waals surface area contributed by atoms with Gasteiger partial charge in [-0.05, 0) is 109 Å². The van der Waals surface area contributed by atoms with Crippen LogP contribution in [-0.2, 0) is 0 Å². The van der Waals surface area contributed by atoms with E-state index < -0.39 is 23.0 Å². The van der Waals surface area contributed by atoms with Gasteiger partial charge >= 0.3 is 23.0 Å². The number of nitrogens with zero attached hydrogens (tertiary/aromatic N) is 3. The zero-order chi connectivity index (χ0) is 51.5. The number of rotatable bonds is 24. The lowest BCUT2D eigenvalue weighted by molar-refractivity contribution is 0.111. The number of hydrogen-bond donors (Lipinski definition) is 0. The van der Waals surface area contributed by atoms with E-state index >= 15 is 0 Å². The Morgan fingerprint density at radius 1 is 0.264 bits per heavy atom. The second-order valence-electron chi connectivity index (χ2n) is 14.5. The highest BCUT2D eigenvalue weighted by molar-refractivity contribution is 7.79. The zero-order valence-electron chi connectivity index (χ0n) is 38.9. The molecule has 0 saturated heterocycles. The van der Waals surface area contributed by atoms with Gasteiger partial charge in [-0.3, -0.25) is 28.8 Å². The SMILES string of the molecule is COc1cc(C=O)ccc1OP1(Oc2ccc(C=O)cc2OC)=NP(Oc2ccc(C=O)cc2OC)(Oc2ccc(C=O)cc2OC)=NP(Oc2ccc(C=O)cc2OC)(Oc2ccc(C=O)cc2OC)=N1. The van der Waals surface area contributed by atoms with Crippen molar-refractivity contribution in [2.75, 3.05) is 42.7 Å². The van der Waals surface area contributed by atoms with Crippen molar-refractivity contribution in [1.82, 2.24) is 0 Å². The third-order valence-electron chi connectivity index (χ3n) is 9.92. The molecule has 0 N–H and O–H groups in total. The molecule has 1 aliphatic heterocycles. The largest absolute Gasteiger partial charge is 0.493 e. The first-order chi connectivity index (χ1) is 34.9. The Morgan fingerprint density at radius 2 is 0.417 bits per heavy atom. The van der Waals surface area contributed by atoms with Crippen LogP contribution in [0, 0.1) is 0 Å². The number of ether oxygens (including phenoxy) is 6. The van der Waals surface area contributed by atoms with Gasteiger partial charge in [0, 0.05) is 33.4 Å². The molecule has 0 aromatic heterocycles. The second kappa shape index (κ2) is 22.6. The lowest BCUT2D eigenvalue weighted by atomic mass is 10.2. The molecule has 372 valence electrons. The summed E-state index contributed by atoms with van der Waals surface area (Å²) >= 11 is 0. The van der Waals surface area contributed by atoms with Crippen LogP contribution < -0.4 is 55.6 Å². The summed E-state index contributed by atoms with van der Waals surface area (Å²) in [6.45, 7) is 0. The van der Waals surface area contributed by atoms with Crippen molar-refractivity contribution < 1.29 is 84.3 Å². The van der Waals surface area contributed by atoms with Crippen molar-refractivity contribution in [3.63, 3.8) is 0 Å². The van der Waals surface area contributed by atoms with Crippen LogP contribution in [0.5, 0.6) is 69.0 Å². The zero-order valence-corrected chi connectivity index (χ0v) is 41.6. The first-order valence-electron chi connectivity index (χ1n) is 20.8. The van der Waals surface area contributed by atoms with Crippen molar-refractivity contribution in [3.05, 3.63) is 143 Å². The summed E-state index contributed by atoms with van der Waals surface area (Å²) in [6.07, 6.45) is 3.48. The lowest BCUT2D eigenvalue weighted by Crippen LogP contribution is -2.12. The van der Waals surface area contributed by atoms with E-state index in [1.54, 1.807) is 0 Å². The molecule has 0 amide bonds. The number of carbonyl (C=O) groups is 6. The van der Waals surface area contributed by atoms with Gasteiger partial charge in [-0.15, -0.1) is 0 Å². The minimum Gasteiger partial charge on any atom is -0.493 e. The van der Waals surface area contributed by atoms with E-state index in [0.29, 0.717) is 37.7 Å². The number of hydrogen-bond acceptors (Lipinski definition) is 21. The predicted molar refractivity (Wildman–Crippen MR) is 262 cm³/mol. The molecule has 0 bridgehead atoms. The monoisotopic (exact) mass is 1040 g/mol. The van der Waals surface area contributed by atoms with Crippen LogP contribution in [0.15, 0.2) is 123 Å². The minimum absolute atomic E-state index is 0.0234. The van der Waals surface area contributed by atoms with E-state index in [9.17, 15) is 28.8 Å². The van der Waals surface area contributed by atoms with Crippen LogP contribution in [0.4, 0.5) is 0 Å². The molecule has 0 aliphatic carbocycles. The van der Waals surface area contributed by atoms with E-state index in [1.165, 1.54) is 152 Å². The van der Waals surface area contributed by atoms with Crippen molar-refractivity contribution in [3.8, 4) is 69.0 Å². The molecular formula is C48H42N3O18P3. The maximum Gasteiger partial charge on any atom is 0.461 e. The van der Waals surface area contributed by atoms with Crippen LogP contribution in [0.25, 0.3) is 0 Å². The molecule has 21 nitrogen and oxygen atoms in total. The molecule has 1 aliphatic rings. The third kappa shape index (κ3) is 11.3. The Hall–Kier alpha value is -8.37. The fraction of sp³-hybridized carbons (Fsp3) is 0.125. The third-order valence-corrected chi connectivity index (χ3v) is 18.0. The van der Waals surface area contributed by atoms with Gasteiger partial charge in [-0.1, -0.05) is 13.5 Å². The molecule has 6 aromatic rings. The summed E-state index contributed by atoms with van der Waals surface area (Å²) in [5, 5.41) is 0. The Bertz CT molecular complexity index is 2720. The predicted octanol–water partition coefficient (Wildman–Crippen LogP) is 11.2. The van der Waals surface area contributed by atoms with Gasteiger partial charge in [-0.25, -0.2) is 0 Å². The van der Waals surface area contributed by atoms with E-state index in [4.69, 9.17) is 69.1 Å². The highest BCUT2D eigenvalue weighted by Gasteiger charge is 2.50. The molecule has 24 heteroatoms. The molecule has 0 spiro atoms. The first kappa shape index (κ1) is 51.5. The van der Waals surface area contributed by atoms with Crippen LogP contribution >= 0.6 is 23.0 Å². The molecule has 0 unspecified atom stereocenters. The summed E-state index contributed by atoms with van der Waals surface area (Å²) in [5.41, 5.74) is 1.09. The average molecular weight is 1040 g/mol. The fourth-order valence-corrected chi connectivity index (χ4v) is 15.7. The van der Waals surface area contributed by atoms with Gasteiger partial charge in [0.05, 0.1) is 42.7 Å². The topological polar surface area (TPSA) is 250 Å². The standard InChI is InChI=1S/C48H42N3O18P3/c1-58-43-19-31(25-52)7-13-37(43)64-70(65-38-14-8-32(26-53)20-44(38)59-2)49-71(66-39-15-9-33(27-54)21-45(39)60-3,67-40-16-10-34(28-55)22-46(40)61-4)51-72(50-70,68-41-17-11-35(29-56)23-47(41)62-5)69-42-18-12-36(30-57)24-48(42)63-6/h7-30H,1-6H3. The van der Waals surface area contributed by atoms with E-state index in [2.05, 4.69) is 0 Å². The van der Waals surface area contributed by atoms with Crippen molar-refractivity contribution in [1.29, 1.82) is 0 Å². The second-order valence-corrected chi connectivity index (χ2v) is 20.6. The highest BCUT2D eigenvalue weighted by atomic mass is 31.3. The molecule has 0 fully saturated rings. The molecule has 72 heavy (non-hydrogen) atoms. The maximum atomic E-state index is 12.1. The van der Waals surface area contributed by atoms with E-state index in [0.717, 1.165) is 0 Å². The van der Waals surface area contributed by atoms with Crippen molar-refractivity contribution in [2.24, 2.45) is 13.5 Å².